The predicted octanol–water partition coefficient (Wildman–Crippen LogP) is 2.33. The lowest BCUT2D eigenvalue weighted by atomic mass is 9.96. The van der Waals surface area contributed by atoms with E-state index in [4.69, 9.17) is 5.73 Å². The number of rotatable bonds is 15. The van der Waals surface area contributed by atoms with Gasteiger partial charge in [-0.15, -0.1) is 0 Å². The van der Waals surface area contributed by atoms with Crippen molar-refractivity contribution in [2.45, 2.75) is 112 Å². The smallest absolute Gasteiger partial charge is 0.312 e. The molecule has 0 aromatic rings. The van der Waals surface area contributed by atoms with E-state index in [2.05, 4.69) is 29.8 Å². The van der Waals surface area contributed by atoms with Crippen molar-refractivity contribution in [1.29, 1.82) is 0 Å². The monoisotopic (exact) mass is 649 g/mol. The molecular weight excluding hydrogens is 594 g/mol. The average Bonchev–Trinajstić information content (AvgIpc) is 3.26. The number of ketones is 1. The number of carbonyl (C=O) groups excluding carboxylic acids is 6. The van der Waals surface area contributed by atoms with Crippen LogP contribution in [0.4, 0.5) is 4.79 Å². The number of hydrogen-bond donors (Lipinski definition) is 5. The zero-order valence-electron chi connectivity index (χ0n) is 27.9. The first-order chi connectivity index (χ1) is 20.5. The quantitative estimate of drug-likeness (QED) is 0.0996. The second kappa shape index (κ2) is 24.0. The maximum atomic E-state index is 13.0. The number of carbonyl (C=O) groups is 6. The van der Waals surface area contributed by atoms with Crippen molar-refractivity contribution in [3.63, 3.8) is 0 Å². The number of hydrogen-bond acceptors (Lipinski definition) is 8. The number of nitrogens with zero attached hydrogens (tertiary/aromatic N) is 1. The molecule has 15 heteroatoms. The molecule has 6 amide bonds. The molecule has 3 atom stereocenters. The summed E-state index contributed by atoms with van der Waals surface area (Å²) in [5, 5.41) is 5.19. The first kappa shape index (κ1) is 45.1. The Kier molecular flexibility index (Phi) is 24.6. The molecule has 44 heavy (non-hydrogen) atoms. The summed E-state index contributed by atoms with van der Waals surface area (Å²) in [5.74, 6) is -4.62. The molecule has 1 aliphatic heterocycles. The number of nitrogens with two attached hydrogens (primary N) is 1. The summed E-state index contributed by atoms with van der Waals surface area (Å²) < 4.78 is 33.4. The fraction of sp³-hybridized carbons (Fsp3) is 0.724. The Morgan fingerprint density at radius 3 is 1.75 bits per heavy atom. The summed E-state index contributed by atoms with van der Waals surface area (Å²) >= 11 is 0. The molecule has 0 aliphatic carbocycles. The van der Waals surface area contributed by atoms with E-state index in [-0.39, 0.29) is 18.7 Å². The van der Waals surface area contributed by atoms with E-state index in [9.17, 15) is 41.7 Å². The van der Waals surface area contributed by atoms with Crippen LogP contribution in [0.3, 0.4) is 0 Å². The molecule has 0 aromatic carbocycles. The second-order valence-electron chi connectivity index (χ2n) is 9.94. The molecule has 0 bridgehead atoms. The lowest BCUT2D eigenvalue weighted by Gasteiger charge is -2.27. The Bertz CT molecular complexity index is 1040. The molecule has 0 spiro atoms. The number of primary amides is 1. The normalized spacial score (nSPS) is 14.2. The van der Waals surface area contributed by atoms with Gasteiger partial charge in [-0.25, -0.2) is 4.79 Å². The lowest BCUT2D eigenvalue weighted by Crippen LogP contribution is -2.56. The van der Waals surface area contributed by atoms with Crippen molar-refractivity contribution in [2.75, 3.05) is 13.1 Å². The molecule has 0 saturated carbocycles. The fourth-order valence-electron chi connectivity index (χ4n) is 3.56. The van der Waals surface area contributed by atoms with Crippen LogP contribution in [0.25, 0.3) is 0 Å². The molecule has 256 valence electrons. The van der Waals surface area contributed by atoms with Crippen LogP contribution in [0.15, 0.2) is 12.2 Å². The first-order valence-electron chi connectivity index (χ1n) is 15.1. The molecule has 1 aliphatic rings. The third-order valence-corrected chi connectivity index (χ3v) is 6.78. The van der Waals surface area contributed by atoms with Gasteiger partial charge in [-0.3, -0.25) is 33.4 Å². The Morgan fingerprint density at radius 1 is 0.886 bits per heavy atom. The summed E-state index contributed by atoms with van der Waals surface area (Å²) in [7, 11) is -4.97. The van der Waals surface area contributed by atoms with E-state index in [0.717, 1.165) is 12.2 Å². The highest BCUT2D eigenvalue weighted by Gasteiger charge is 2.37. The van der Waals surface area contributed by atoms with Gasteiger partial charge < -0.3 is 21.7 Å². The molecule has 0 fully saturated rings. The highest BCUT2D eigenvalue weighted by Crippen LogP contribution is 2.13. The summed E-state index contributed by atoms with van der Waals surface area (Å²) in [6.45, 7) is 18.4. The number of amides is 6. The minimum Gasteiger partial charge on any atom is -0.352 e. The molecular formula is C29H55N5O9S. The van der Waals surface area contributed by atoms with Crippen LogP contribution in [0.2, 0.25) is 0 Å². The van der Waals surface area contributed by atoms with Gasteiger partial charge in [0, 0.05) is 31.2 Å². The zero-order chi connectivity index (χ0) is 35.2. The number of nitrogens with one attached hydrogen (secondary N) is 3. The van der Waals surface area contributed by atoms with Gasteiger partial charge in [0.15, 0.2) is 11.0 Å². The highest BCUT2D eigenvalue weighted by atomic mass is 32.2. The van der Waals surface area contributed by atoms with E-state index in [1.165, 1.54) is 6.42 Å². The van der Waals surface area contributed by atoms with Gasteiger partial charge in [-0.1, -0.05) is 75.7 Å². The number of imide groups is 1. The molecule has 0 aromatic heterocycles. The minimum absolute atomic E-state index is 0.168. The van der Waals surface area contributed by atoms with Crippen LogP contribution in [0.5, 0.6) is 0 Å². The molecule has 1 heterocycles. The second-order valence-corrected chi connectivity index (χ2v) is 11.5. The van der Waals surface area contributed by atoms with Crippen molar-refractivity contribution in [2.24, 2.45) is 17.6 Å². The largest absolute Gasteiger partial charge is 0.352 e. The van der Waals surface area contributed by atoms with Gasteiger partial charge in [0.2, 0.25) is 11.8 Å². The third-order valence-electron chi connectivity index (χ3n) is 5.61. The topological polar surface area (TPSA) is 222 Å². The molecule has 0 saturated heterocycles. The standard InChI is InChI=1S/C22H35N5O9S.C3H8.2C2H6/c1-12(2)18(21(32)25-14(19(30)13(3)4)6-5-10-24-22(23)33)26-20(31)15(37(34,35)36)9-11-27-16(28)7-8-17(27)29;1-3-2;2*1-2/h7-8,12-15,18H,5-6,9-11H2,1-4H3,(H,25,32)(H,26,31)(H3,23,24,33)(H,34,35,36);3H2,1-2H3;2*1-2H3/t14-,15-,18?;;;/m0.../s1. The van der Waals surface area contributed by atoms with E-state index in [0.29, 0.717) is 11.3 Å². The van der Waals surface area contributed by atoms with Crippen molar-refractivity contribution < 1.29 is 41.7 Å². The van der Waals surface area contributed by atoms with E-state index in [1.807, 2.05) is 27.7 Å². The van der Waals surface area contributed by atoms with Gasteiger partial charge in [-0.2, -0.15) is 8.42 Å². The van der Waals surface area contributed by atoms with E-state index < -0.39 is 81.9 Å². The summed E-state index contributed by atoms with van der Waals surface area (Å²) in [5.41, 5.74) is 5.02. The van der Waals surface area contributed by atoms with Gasteiger partial charge in [0.05, 0.1) is 6.04 Å². The SMILES string of the molecule is CC.CC.CC(C)C(=O)[C@H](CCCNC(N)=O)NC(=O)C(NC(=O)[C@H](CCN1C(=O)C=CC1=O)S(=O)(=O)O)C(C)C.CCC. The van der Waals surface area contributed by atoms with Crippen LogP contribution in [0, 0.1) is 11.8 Å². The van der Waals surface area contributed by atoms with Crippen LogP contribution >= 0.6 is 0 Å². The summed E-state index contributed by atoms with van der Waals surface area (Å²) in [6.07, 6.45) is 3.11. The van der Waals surface area contributed by atoms with E-state index in [1.54, 1.807) is 27.7 Å². The van der Waals surface area contributed by atoms with Crippen LogP contribution < -0.4 is 21.7 Å². The summed E-state index contributed by atoms with van der Waals surface area (Å²) in [4.78, 5) is 73.5. The van der Waals surface area contributed by atoms with Gasteiger partial charge in [0.1, 0.15) is 6.04 Å². The van der Waals surface area contributed by atoms with Gasteiger partial charge in [0.25, 0.3) is 21.9 Å². The van der Waals surface area contributed by atoms with Crippen LogP contribution in [-0.2, 0) is 34.1 Å². The van der Waals surface area contributed by atoms with Gasteiger partial charge >= 0.3 is 6.03 Å². The Balaban J connectivity index is -0.00000221. The van der Waals surface area contributed by atoms with E-state index >= 15 is 0 Å². The van der Waals surface area contributed by atoms with Crippen LogP contribution in [0.1, 0.15) is 94.9 Å². The average molecular weight is 650 g/mol. The van der Waals surface area contributed by atoms with Crippen molar-refractivity contribution in [1.82, 2.24) is 20.9 Å². The molecule has 0 radical (unpaired) electrons. The molecule has 14 nitrogen and oxygen atoms in total. The third kappa shape index (κ3) is 17.7. The Hall–Kier alpha value is -3.33. The molecule has 6 N–H and O–H groups in total. The number of urea groups is 1. The lowest BCUT2D eigenvalue weighted by molar-refractivity contribution is -0.137. The van der Waals surface area contributed by atoms with Crippen molar-refractivity contribution in [3.8, 4) is 0 Å². The first-order valence-corrected chi connectivity index (χ1v) is 16.7. The van der Waals surface area contributed by atoms with Crippen molar-refractivity contribution in [3.05, 3.63) is 12.2 Å². The highest BCUT2D eigenvalue weighted by molar-refractivity contribution is 7.87. The predicted molar refractivity (Wildman–Crippen MR) is 170 cm³/mol. The van der Waals surface area contributed by atoms with Gasteiger partial charge in [-0.05, 0) is 25.2 Å². The van der Waals surface area contributed by atoms with Crippen molar-refractivity contribution >= 4 is 45.6 Å². The zero-order valence-corrected chi connectivity index (χ0v) is 28.7. The Morgan fingerprint density at radius 2 is 1.36 bits per heavy atom. The Labute approximate surface area is 263 Å². The molecule has 1 unspecified atom stereocenters. The van der Waals surface area contributed by atoms with Crippen LogP contribution in [-0.4, -0.2) is 83.7 Å². The number of Topliss-reactive ketones (excluding diaryl/α,β-unsaturated/α-hetero) is 1. The maximum absolute atomic E-state index is 13.0. The minimum atomic E-state index is -4.97. The molecule has 1 rings (SSSR count). The fourth-order valence-corrected chi connectivity index (χ4v) is 4.30. The summed E-state index contributed by atoms with van der Waals surface area (Å²) in [6, 6.07) is -2.96. The maximum Gasteiger partial charge on any atom is 0.312 e.